The molecule has 0 saturated heterocycles. The fourth-order valence-electron chi connectivity index (χ4n) is 3.14. The van der Waals surface area contributed by atoms with Crippen LogP contribution in [-0.2, 0) is 43.3 Å². The Hall–Kier alpha value is -3.72. The van der Waals surface area contributed by atoms with E-state index in [1.165, 1.54) is 24.3 Å². The number of rotatable bonds is 12. The molecule has 190 valence electrons. The maximum Gasteiger partial charge on any atom is 0.360 e. The Morgan fingerprint density at radius 1 is 0.806 bits per heavy atom. The maximum absolute atomic E-state index is 12.3. The third kappa shape index (κ3) is 7.14. The van der Waals surface area contributed by atoms with Crippen LogP contribution in [0.1, 0.15) is 22.3 Å². The van der Waals surface area contributed by atoms with E-state index in [0.717, 1.165) is 34.9 Å². The van der Waals surface area contributed by atoms with Crippen LogP contribution < -0.4 is 9.07 Å². The molecule has 2 unspecified atom stereocenters. The molecule has 0 aromatic heterocycles. The van der Waals surface area contributed by atoms with Gasteiger partial charge in [0.2, 0.25) is 11.1 Å². The van der Waals surface area contributed by atoms with E-state index in [4.69, 9.17) is 17.6 Å². The van der Waals surface area contributed by atoms with Gasteiger partial charge in [0.15, 0.2) is 5.75 Å². The fourth-order valence-corrected chi connectivity index (χ4v) is 4.55. The lowest BCUT2D eigenvalue weighted by Crippen LogP contribution is -2.09. The van der Waals surface area contributed by atoms with Gasteiger partial charge in [-0.2, -0.15) is 4.21 Å². The molecule has 0 bridgehead atoms. The normalized spacial score (nSPS) is 12.5. The quantitative estimate of drug-likeness (QED) is 0.184. The summed E-state index contributed by atoms with van der Waals surface area (Å²) in [6.45, 7) is 3.09. The minimum absolute atomic E-state index is 0.00650. The highest BCUT2D eigenvalue weighted by Gasteiger charge is 2.25. The zero-order valence-corrected chi connectivity index (χ0v) is 20.6. The second kappa shape index (κ2) is 12.3. The Morgan fingerprint density at radius 2 is 1.36 bits per heavy atom. The van der Waals surface area contributed by atoms with Crippen LogP contribution in [0.3, 0.4) is 0 Å². The van der Waals surface area contributed by atoms with Crippen LogP contribution in [0.5, 0.6) is 11.5 Å². The summed E-state index contributed by atoms with van der Waals surface area (Å²) in [6.07, 6.45) is 0. The van der Waals surface area contributed by atoms with E-state index in [1.54, 1.807) is 0 Å². The van der Waals surface area contributed by atoms with Gasteiger partial charge in [0.05, 0.1) is 15.6 Å². The predicted molar refractivity (Wildman–Crippen MR) is 129 cm³/mol. The second-order valence-electron chi connectivity index (χ2n) is 7.28. The maximum atomic E-state index is 12.3. The Labute approximate surface area is 210 Å². The molecule has 0 spiro atoms. The van der Waals surface area contributed by atoms with Gasteiger partial charge in [0.1, 0.15) is 17.9 Å². The van der Waals surface area contributed by atoms with Gasteiger partial charge in [-0.05, 0) is 48.7 Å². The molecule has 14 heteroatoms. The SMILES string of the molecule is Cc1cccc(C)c1CS(=O)OOc1cccc(OS(=O)OCc2c([N+](=O)[O-])cccc2[N+](=O)[O-])c1. The summed E-state index contributed by atoms with van der Waals surface area (Å²) in [5.74, 6) is 0.213. The summed E-state index contributed by atoms with van der Waals surface area (Å²) in [5, 5.41) is 22.4. The van der Waals surface area contributed by atoms with Crippen LogP contribution in [0.4, 0.5) is 11.4 Å². The molecule has 0 N–H and O–H groups in total. The molecule has 0 fully saturated rings. The number of hydrogen-bond donors (Lipinski definition) is 0. The first kappa shape index (κ1) is 26.9. The standard InChI is InChI=1S/C22H20N2O10S2/c1-15-6-3-7-16(2)20(15)14-35(29)34-32-17-8-4-9-18(12-17)33-36(30)31-13-19-21(23(25)26)10-5-11-22(19)24(27)28/h3-12H,13-14H2,1-2H3. The van der Waals surface area contributed by atoms with Crippen LogP contribution >= 0.6 is 0 Å². The average molecular weight is 537 g/mol. The van der Waals surface area contributed by atoms with Gasteiger partial charge in [-0.1, -0.05) is 28.6 Å². The van der Waals surface area contributed by atoms with E-state index < -0.39 is 50.3 Å². The Bertz CT molecular complexity index is 1280. The Kier molecular flexibility index (Phi) is 9.19. The monoisotopic (exact) mass is 536 g/mol. The molecular weight excluding hydrogens is 516 g/mol. The number of aryl methyl sites for hydroxylation is 2. The highest BCUT2D eigenvalue weighted by molar-refractivity contribution is 7.79. The molecule has 3 aromatic carbocycles. The van der Waals surface area contributed by atoms with E-state index in [9.17, 15) is 28.6 Å². The highest BCUT2D eigenvalue weighted by Crippen LogP contribution is 2.29. The largest absolute Gasteiger partial charge is 0.380 e. The Balaban J connectivity index is 1.59. The van der Waals surface area contributed by atoms with Crippen molar-refractivity contribution >= 4 is 33.8 Å². The molecule has 2 atom stereocenters. The van der Waals surface area contributed by atoms with Gasteiger partial charge in [0, 0.05) is 18.2 Å². The molecule has 0 radical (unpaired) electrons. The summed E-state index contributed by atoms with van der Waals surface area (Å²) >= 11 is -4.27. The van der Waals surface area contributed by atoms with Crippen LogP contribution in [0.25, 0.3) is 0 Å². The first-order chi connectivity index (χ1) is 17.2. The molecule has 0 saturated carbocycles. The first-order valence-corrected chi connectivity index (χ1v) is 12.4. The topological polar surface area (TPSA) is 157 Å². The molecule has 3 aromatic rings. The first-order valence-electron chi connectivity index (χ1n) is 10.2. The van der Waals surface area contributed by atoms with E-state index in [-0.39, 0.29) is 22.8 Å². The van der Waals surface area contributed by atoms with Crippen LogP contribution in [0.2, 0.25) is 0 Å². The van der Waals surface area contributed by atoms with Crippen LogP contribution in [0, 0.1) is 34.1 Å². The summed E-state index contributed by atoms with van der Waals surface area (Å²) < 4.78 is 39.5. The molecule has 0 heterocycles. The summed E-state index contributed by atoms with van der Waals surface area (Å²) in [7, 11) is 0. The van der Waals surface area contributed by atoms with Crippen molar-refractivity contribution in [2.75, 3.05) is 0 Å². The van der Waals surface area contributed by atoms with E-state index in [1.807, 2.05) is 32.0 Å². The third-order valence-electron chi connectivity index (χ3n) is 4.90. The Morgan fingerprint density at radius 3 is 1.97 bits per heavy atom. The van der Waals surface area contributed by atoms with Gasteiger partial charge in [0.25, 0.3) is 11.4 Å². The number of nitrogens with zero attached hydrogens (tertiary/aromatic N) is 2. The number of benzene rings is 3. The van der Waals surface area contributed by atoms with Gasteiger partial charge >= 0.3 is 11.4 Å². The summed E-state index contributed by atoms with van der Waals surface area (Å²) in [4.78, 5) is 25.9. The minimum Gasteiger partial charge on any atom is -0.380 e. The molecule has 12 nitrogen and oxygen atoms in total. The van der Waals surface area contributed by atoms with Crippen molar-refractivity contribution in [2.45, 2.75) is 26.2 Å². The van der Waals surface area contributed by atoms with Crippen LogP contribution in [0.15, 0.2) is 60.7 Å². The smallest absolute Gasteiger partial charge is 0.360 e. The molecule has 0 aliphatic heterocycles. The lowest BCUT2D eigenvalue weighted by Gasteiger charge is -2.10. The number of nitro groups is 2. The van der Waals surface area contributed by atoms with Crippen molar-refractivity contribution in [3.8, 4) is 11.5 Å². The van der Waals surface area contributed by atoms with Gasteiger partial charge < -0.3 is 9.07 Å². The molecule has 36 heavy (non-hydrogen) atoms. The second-order valence-corrected chi connectivity index (χ2v) is 9.13. The lowest BCUT2D eigenvalue weighted by atomic mass is 10.1. The lowest BCUT2D eigenvalue weighted by molar-refractivity contribution is -0.396. The van der Waals surface area contributed by atoms with Gasteiger partial charge in [-0.25, -0.2) is 4.21 Å². The van der Waals surface area contributed by atoms with Gasteiger partial charge in [-0.3, -0.25) is 24.4 Å². The number of hydrogen-bond acceptors (Lipinski definition) is 10. The molecule has 0 amide bonds. The van der Waals surface area contributed by atoms with Crippen molar-refractivity contribution in [1.29, 1.82) is 0 Å². The third-order valence-corrected chi connectivity index (χ3v) is 6.29. The van der Waals surface area contributed by atoms with E-state index in [2.05, 4.69) is 0 Å². The molecule has 0 aliphatic carbocycles. The van der Waals surface area contributed by atoms with Crippen LogP contribution in [-0.4, -0.2) is 18.3 Å². The zero-order valence-electron chi connectivity index (χ0n) is 19.0. The van der Waals surface area contributed by atoms with Gasteiger partial charge in [-0.15, -0.1) is 0 Å². The van der Waals surface area contributed by atoms with Crippen molar-refractivity contribution in [3.63, 3.8) is 0 Å². The summed E-state index contributed by atoms with van der Waals surface area (Å²) in [6, 6.07) is 14.7. The predicted octanol–water partition coefficient (Wildman–Crippen LogP) is 4.47. The number of nitro benzene ring substituents is 2. The van der Waals surface area contributed by atoms with Crippen molar-refractivity contribution < 1.29 is 35.9 Å². The molecule has 3 rings (SSSR count). The van der Waals surface area contributed by atoms with Crippen molar-refractivity contribution in [3.05, 3.63) is 103 Å². The molecular formula is C22H20N2O10S2. The van der Waals surface area contributed by atoms with Crippen molar-refractivity contribution in [1.82, 2.24) is 0 Å². The minimum atomic E-state index is -2.47. The highest BCUT2D eigenvalue weighted by atomic mass is 32.2. The van der Waals surface area contributed by atoms with Crippen molar-refractivity contribution in [2.24, 2.45) is 0 Å². The average Bonchev–Trinajstić information content (AvgIpc) is 2.83. The summed E-state index contributed by atoms with van der Waals surface area (Å²) in [5.41, 5.74) is 1.35. The zero-order chi connectivity index (χ0) is 26.2. The van der Waals surface area contributed by atoms with E-state index in [0.29, 0.717) is 0 Å². The fraction of sp³-hybridized carbons (Fsp3) is 0.182. The molecule has 0 aliphatic rings. The van der Waals surface area contributed by atoms with E-state index >= 15 is 0 Å².